The van der Waals surface area contributed by atoms with E-state index in [0.29, 0.717) is 0 Å². The fourth-order valence-electron chi connectivity index (χ4n) is 0.841. The molecule has 0 amide bonds. The maximum absolute atomic E-state index is 3.25. The van der Waals surface area contributed by atoms with E-state index in [1.54, 1.807) is 13.8 Å². The third-order valence-electron chi connectivity index (χ3n) is 1.48. The standard InChI is InChI=1S/C6H7.C6H5.2C2H5.3ClH.Ti/c1-6-4-2-3-5-6;1-2-4-6-5-3-1;2*1-2;;;;/h4-5H,2H2,1H3;1-5H;2*1H2,2H3;3*1H;/q4*-1;;;;+4. The molecular weight excluding hydrogens is 346 g/mol. The Morgan fingerprint density at radius 3 is 1.45 bits per heavy atom. The van der Waals surface area contributed by atoms with Gasteiger partial charge in [0, 0.05) is 0 Å². The molecule has 1 aromatic carbocycles. The van der Waals surface area contributed by atoms with Gasteiger partial charge in [-0.15, -0.1) is 50.6 Å². The van der Waals surface area contributed by atoms with Crippen molar-refractivity contribution in [2.75, 3.05) is 0 Å². The Balaban J connectivity index is -0.0000000339. The van der Waals surface area contributed by atoms with Crippen molar-refractivity contribution < 1.29 is 21.7 Å². The van der Waals surface area contributed by atoms with E-state index >= 15 is 0 Å². The molecule has 0 N–H and O–H groups in total. The van der Waals surface area contributed by atoms with Crippen LogP contribution in [0.5, 0.6) is 0 Å². The molecule has 0 spiro atoms. The van der Waals surface area contributed by atoms with Gasteiger partial charge in [0.1, 0.15) is 0 Å². The molecule has 2 rings (SSSR count). The predicted octanol–water partition coefficient (Wildman–Crippen LogP) is 6.13. The predicted molar refractivity (Wildman–Crippen MR) is 95.3 cm³/mol. The zero-order valence-electron chi connectivity index (χ0n) is 12.4. The van der Waals surface area contributed by atoms with Gasteiger partial charge < -0.3 is 13.8 Å². The van der Waals surface area contributed by atoms with Crippen LogP contribution in [0.3, 0.4) is 0 Å². The van der Waals surface area contributed by atoms with Crippen molar-refractivity contribution in [3.8, 4) is 0 Å². The summed E-state index contributed by atoms with van der Waals surface area (Å²) >= 11 is 0. The first-order valence-electron chi connectivity index (χ1n) is 5.45. The monoisotopic (exact) mass is 370 g/mol. The van der Waals surface area contributed by atoms with Crippen LogP contribution in [0.1, 0.15) is 27.2 Å². The van der Waals surface area contributed by atoms with Crippen molar-refractivity contribution in [1.82, 2.24) is 0 Å². The normalized spacial score (nSPS) is 8.55. The van der Waals surface area contributed by atoms with Crippen LogP contribution in [0.4, 0.5) is 0 Å². The molecule has 1 aliphatic rings. The average Bonchev–Trinajstić information content (AvgIpc) is 2.88. The topological polar surface area (TPSA) is 0 Å². The van der Waals surface area contributed by atoms with Crippen LogP contribution < -0.4 is 0 Å². The van der Waals surface area contributed by atoms with E-state index in [0.717, 1.165) is 6.42 Å². The summed E-state index contributed by atoms with van der Waals surface area (Å²) in [6, 6.07) is 12.5. The van der Waals surface area contributed by atoms with Crippen LogP contribution in [0.2, 0.25) is 0 Å². The smallest absolute Gasteiger partial charge is 0.346 e. The van der Waals surface area contributed by atoms with Gasteiger partial charge in [-0.05, 0) is 0 Å². The molecule has 0 atom stereocenters. The summed E-state index contributed by atoms with van der Waals surface area (Å²) < 4.78 is 0. The van der Waals surface area contributed by atoms with Crippen LogP contribution >= 0.6 is 37.2 Å². The minimum absolute atomic E-state index is 0. The summed E-state index contributed by atoms with van der Waals surface area (Å²) in [7, 11) is 0. The van der Waals surface area contributed by atoms with Crippen LogP contribution in [-0.2, 0) is 21.7 Å². The summed E-state index contributed by atoms with van der Waals surface area (Å²) in [6.45, 7) is 12.1. The van der Waals surface area contributed by atoms with Gasteiger partial charge in [0.2, 0.25) is 0 Å². The fourth-order valence-corrected chi connectivity index (χ4v) is 0.841. The largest absolute Gasteiger partial charge is 4.00 e. The van der Waals surface area contributed by atoms with E-state index in [1.807, 2.05) is 36.4 Å². The van der Waals surface area contributed by atoms with E-state index in [1.165, 1.54) is 5.57 Å². The van der Waals surface area contributed by atoms with E-state index in [9.17, 15) is 0 Å². The summed E-state index contributed by atoms with van der Waals surface area (Å²) in [5, 5.41) is 0. The zero-order chi connectivity index (χ0) is 12.6. The molecule has 0 saturated carbocycles. The van der Waals surface area contributed by atoms with Crippen molar-refractivity contribution in [3.63, 3.8) is 0 Å². The minimum atomic E-state index is 0. The molecule has 0 fully saturated rings. The Labute approximate surface area is 159 Å². The van der Waals surface area contributed by atoms with Crippen molar-refractivity contribution in [3.05, 3.63) is 74.0 Å². The molecular formula is C16H25Cl3Ti. The molecule has 0 bridgehead atoms. The first-order chi connectivity index (χ1) is 7.89. The van der Waals surface area contributed by atoms with Crippen molar-refractivity contribution >= 4 is 37.2 Å². The number of hydrogen-bond acceptors (Lipinski definition) is 0. The Kier molecular flexibility index (Phi) is 67.5. The molecule has 0 unspecified atom stereocenters. The molecule has 0 aromatic heterocycles. The van der Waals surface area contributed by atoms with E-state index in [4.69, 9.17) is 0 Å². The molecule has 1 aliphatic carbocycles. The molecule has 0 aliphatic heterocycles. The fraction of sp³-hybridized carbons (Fsp3) is 0.250. The summed E-state index contributed by atoms with van der Waals surface area (Å²) in [5.74, 6) is 0. The third kappa shape index (κ3) is 31.0. The van der Waals surface area contributed by atoms with Crippen molar-refractivity contribution in [2.45, 2.75) is 27.2 Å². The van der Waals surface area contributed by atoms with Gasteiger partial charge in [-0.3, -0.25) is 6.08 Å². The molecule has 20 heavy (non-hydrogen) atoms. The average molecular weight is 372 g/mol. The Hall–Kier alpha value is 0.284. The van der Waals surface area contributed by atoms with Crippen LogP contribution in [0.15, 0.2) is 48.1 Å². The van der Waals surface area contributed by atoms with Gasteiger partial charge in [-0.2, -0.15) is 56.3 Å². The van der Waals surface area contributed by atoms with Gasteiger partial charge in [0.05, 0.1) is 0 Å². The number of rotatable bonds is 0. The third-order valence-corrected chi connectivity index (χ3v) is 1.48. The first kappa shape index (κ1) is 37.0. The second-order valence-electron chi connectivity index (χ2n) is 2.58. The molecule has 0 saturated heterocycles. The zero-order valence-corrected chi connectivity index (χ0v) is 16.4. The number of benzene rings is 1. The van der Waals surface area contributed by atoms with E-state index in [-0.39, 0.29) is 58.9 Å². The van der Waals surface area contributed by atoms with Gasteiger partial charge in [0.25, 0.3) is 0 Å². The minimum Gasteiger partial charge on any atom is -0.346 e. The summed E-state index contributed by atoms with van der Waals surface area (Å²) in [4.78, 5) is 0. The maximum atomic E-state index is 3.25. The van der Waals surface area contributed by atoms with Crippen LogP contribution in [-0.4, -0.2) is 0 Å². The van der Waals surface area contributed by atoms with Gasteiger partial charge in [-0.25, -0.2) is 11.6 Å². The summed E-state index contributed by atoms with van der Waals surface area (Å²) in [5.41, 5.74) is 1.34. The molecule has 114 valence electrons. The van der Waals surface area contributed by atoms with Crippen LogP contribution in [0.25, 0.3) is 0 Å². The van der Waals surface area contributed by atoms with Gasteiger partial charge in [0.15, 0.2) is 0 Å². The Bertz CT molecular complexity index is 243. The molecule has 0 heterocycles. The molecule has 0 radical (unpaired) electrons. The Morgan fingerprint density at radius 2 is 1.35 bits per heavy atom. The van der Waals surface area contributed by atoms with Crippen molar-refractivity contribution in [2.24, 2.45) is 0 Å². The van der Waals surface area contributed by atoms with E-state index < -0.39 is 0 Å². The summed E-state index contributed by atoms with van der Waals surface area (Å²) in [6.07, 6.45) is 8.24. The quantitative estimate of drug-likeness (QED) is 0.380. The second kappa shape index (κ2) is 36.5. The molecule has 4 heteroatoms. The van der Waals surface area contributed by atoms with Gasteiger partial charge >= 0.3 is 21.7 Å². The molecule has 1 aromatic rings. The molecule has 0 nitrogen and oxygen atoms in total. The van der Waals surface area contributed by atoms with Gasteiger partial charge in [-0.1, -0.05) is 0 Å². The first-order valence-corrected chi connectivity index (χ1v) is 5.45. The van der Waals surface area contributed by atoms with Crippen LogP contribution in [0, 0.1) is 26.0 Å². The number of hydrogen-bond donors (Lipinski definition) is 0. The van der Waals surface area contributed by atoms with E-state index in [2.05, 4.69) is 39.0 Å². The SMILES string of the molecule is CC1=CC[C-]=C1.Cl.Cl.Cl.[CH2-]C.[CH2-]C.[Ti+4].[c-]1ccccc1. The Morgan fingerprint density at radius 1 is 0.900 bits per heavy atom. The second-order valence-corrected chi connectivity index (χ2v) is 2.58. The number of allylic oxidation sites excluding steroid dienone is 4. The van der Waals surface area contributed by atoms with Crippen molar-refractivity contribution in [1.29, 1.82) is 0 Å². The maximum Gasteiger partial charge on any atom is 4.00 e. The number of halogens is 3.